The molecule has 3 heterocycles. The van der Waals surface area contributed by atoms with Gasteiger partial charge in [0.1, 0.15) is 6.17 Å². The molecule has 1 fully saturated rings. The van der Waals surface area contributed by atoms with Gasteiger partial charge >= 0.3 is 0 Å². The number of halogens is 1. The van der Waals surface area contributed by atoms with Gasteiger partial charge in [-0.05, 0) is 19.4 Å². The molecule has 1 aliphatic rings. The second kappa shape index (κ2) is 4.14. The largest absolute Gasteiger partial charge is 0.311 e. The van der Waals surface area contributed by atoms with Crippen molar-refractivity contribution >= 4 is 16.3 Å². The molecule has 0 aliphatic carbocycles. The molecule has 86 valence electrons. The number of fused-ring (bicyclic) bond motifs is 1. The van der Waals surface area contributed by atoms with Gasteiger partial charge in [-0.1, -0.05) is 0 Å². The smallest absolute Gasteiger partial charge is 0.193 e. The lowest BCUT2D eigenvalue weighted by Gasteiger charge is -2.14. The van der Waals surface area contributed by atoms with E-state index >= 15 is 0 Å². The monoisotopic (exact) mass is 239 g/mol. The van der Waals surface area contributed by atoms with Crippen molar-refractivity contribution in [3.63, 3.8) is 0 Å². The SMILES string of the molecule is FC(Cc1cn2ccsc2n1)C1CCCN1. The van der Waals surface area contributed by atoms with Crippen LogP contribution in [0, 0.1) is 0 Å². The van der Waals surface area contributed by atoms with E-state index < -0.39 is 6.17 Å². The maximum Gasteiger partial charge on any atom is 0.193 e. The summed E-state index contributed by atoms with van der Waals surface area (Å²) in [7, 11) is 0. The number of hydrogen-bond donors (Lipinski definition) is 1. The van der Waals surface area contributed by atoms with E-state index in [0.717, 1.165) is 30.0 Å². The van der Waals surface area contributed by atoms with Crippen LogP contribution in [-0.2, 0) is 6.42 Å². The van der Waals surface area contributed by atoms with Crippen LogP contribution < -0.4 is 5.32 Å². The Bertz CT molecular complexity index is 444. The van der Waals surface area contributed by atoms with E-state index in [1.165, 1.54) is 0 Å². The minimum atomic E-state index is -0.813. The van der Waals surface area contributed by atoms with Crippen LogP contribution in [0.4, 0.5) is 4.39 Å². The zero-order valence-electron chi connectivity index (χ0n) is 8.90. The Hall–Kier alpha value is -0.940. The normalized spacial score (nSPS) is 22.9. The second-order valence-corrected chi connectivity index (χ2v) is 5.12. The van der Waals surface area contributed by atoms with E-state index in [-0.39, 0.29) is 6.04 Å². The third-order valence-corrected chi connectivity index (χ3v) is 3.85. The predicted octanol–water partition coefficient (Wildman–Crippen LogP) is 2.03. The van der Waals surface area contributed by atoms with Crippen LogP contribution in [0.5, 0.6) is 0 Å². The van der Waals surface area contributed by atoms with Gasteiger partial charge < -0.3 is 5.32 Å². The first-order chi connectivity index (χ1) is 7.83. The maximum atomic E-state index is 13.9. The van der Waals surface area contributed by atoms with Crippen molar-refractivity contribution in [2.45, 2.75) is 31.5 Å². The summed E-state index contributed by atoms with van der Waals surface area (Å²) in [6.07, 6.45) is 5.52. The van der Waals surface area contributed by atoms with Crippen molar-refractivity contribution in [1.82, 2.24) is 14.7 Å². The van der Waals surface area contributed by atoms with Gasteiger partial charge in [-0.15, -0.1) is 11.3 Å². The van der Waals surface area contributed by atoms with Gasteiger partial charge in [0.15, 0.2) is 4.96 Å². The zero-order valence-corrected chi connectivity index (χ0v) is 9.71. The molecular formula is C11H14FN3S. The summed E-state index contributed by atoms with van der Waals surface area (Å²) in [6.45, 7) is 0.948. The average Bonchev–Trinajstić information content (AvgIpc) is 2.91. The molecular weight excluding hydrogens is 225 g/mol. The predicted molar refractivity (Wildman–Crippen MR) is 62.7 cm³/mol. The van der Waals surface area contributed by atoms with Crippen LogP contribution >= 0.6 is 11.3 Å². The van der Waals surface area contributed by atoms with Gasteiger partial charge in [0.05, 0.1) is 5.69 Å². The van der Waals surface area contributed by atoms with E-state index in [1.54, 1.807) is 11.3 Å². The van der Waals surface area contributed by atoms with Crippen LogP contribution in [-0.4, -0.2) is 28.1 Å². The lowest BCUT2D eigenvalue weighted by atomic mass is 10.1. The molecule has 16 heavy (non-hydrogen) atoms. The van der Waals surface area contributed by atoms with Crippen molar-refractivity contribution in [3.05, 3.63) is 23.5 Å². The van der Waals surface area contributed by atoms with Crippen molar-refractivity contribution in [1.29, 1.82) is 0 Å². The molecule has 0 amide bonds. The summed E-state index contributed by atoms with van der Waals surface area (Å²) in [5.41, 5.74) is 0.855. The fourth-order valence-electron chi connectivity index (χ4n) is 2.24. The Kier molecular flexibility index (Phi) is 2.65. The van der Waals surface area contributed by atoms with Gasteiger partial charge in [-0.2, -0.15) is 0 Å². The maximum absolute atomic E-state index is 13.9. The molecule has 1 aliphatic heterocycles. The number of nitrogens with zero attached hydrogens (tertiary/aromatic N) is 2. The minimum absolute atomic E-state index is 0.0275. The molecule has 3 rings (SSSR count). The van der Waals surface area contributed by atoms with Gasteiger partial charge in [-0.3, -0.25) is 4.40 Å². The molecule has 2 aromatic rings. The molecule has 2 atom stereocenters. The van der Waals surface area contributed by atoms with Crippen LogP contribution in [0.15, 0.2) is 17.8 Å². The van der Waals surface area contributed by atoms with E-state index in [1.807, 2.05) is 22.2 Å². The highest BCUT2D eigenvalue weighted by Crippen LogP contribution is 2.18. The second-order valence-electron chi connectivity index (χ2n) is 4.25. The number of thiazole rings is 1. The third kappa shape index (κ3) is 1.85. The first-order valence-corrected chi connectivity index (χ1v) is 6.49. The van der Waals surface area contributed by atoms with Crippen LogP contribution in [0.1, 0.15) is 18.5 Å². The number of hydrogen-bond acceptors (Lipinski definition) is 3. The molecule has 0 spiro atoms. The average molecular weight is 239 g/mol. The van der Waals surface area contributed by atoms with E-state index in [2.05, 4.69) is 10.3 Å². The van der Waals surface area contributed by atoms with E-state index in [0.29, 0.717) is 6.42 Å². The molecule has 1 N–H and O–H groups in total. The highest BCUT2D eigenvalue weighted by molar-refractivity contribution is 7.15. The molecule has 2 unspecified atom stereocenters. The van der Waals surface area contributed by atoms with E-state index in [4.69, 9.17) is 0 Å². The summed E-state index contributed by atoms with van der Waals surface area (Å²) >= 11 is 1.58. The number of aromatic nitrogens is 2. The number of alkyl halides is 1. The summed E-state index contributed by atoms with van der Waals surface area (Å²) in [6, 6.07) is 0.0275. The molecule has 5 heteroatoms. The quantitative estimate of drug-likeness (QED) is 0.888. The van der Waals surface area contributed by atoms with Crippen LogP contribution in [0.3, 0.4) is 0 Å². The van der Waals surface area contributed by atoms with Crippen molar-refractivity contribution < 1.29 is 4.39 Å². The summed E-state index contributed by atoms with van der Waals surface area (Å²) in [4.78, 5) is 5.34. The molecule has 2 aromatic heterocycles. The van der Waals surface area contributed by atoms with Gasteiger partial charge in [-0.25, -0.2) is 9.37 Å². The first kappa shape index (κ1) is 10.2. The lowest BCUT2D eigenvalue weighted by molar-refractivity contribution is 0.262. The van der Waals surface area contributed by atoms with Gasteiger partial charge in [0, 0.05) is 30.2 Å². The molecule has 3 nitrogen and oxygen atoms in total. The summed E-state index contributed by atoms with van der Waals surface area (Å²) < 4.78 is 15.9. The van der Waals surface area contributed by atoms with Crippen molar-refractivity contribution in [3.8, 4) is 0 Å². The van der Waals surface area contributed by atoms with E-state index in [9.17, 15) is 4.39 Å². The number of rotatable bonds is 3. The fraction of sp³-hybridized carbons (Fsp3) is 0.545. The molecule has 0 saturated carbocycles. The number of imidazole rings is 1. The zero-order chi connectivity index (χ0) is 11.0. The lowest BCUT2D eigenvalue weighted by Crippen LogP contribution is -2.33. The Labute approximate surface area is 97.3 Å². The Morgan fingerprint density at radius 3 is 3.38 bits per heavy atom. The number of nitrogens with one attached hydrogen (secondary N) is 1. The van der Waals surface area contributed by atoms with Crippen molar-refractivity contribution in [2.24, 2.45) is 0 Å². The minimum Gasteiger partial charge on any atom is -0.311 e. The van der Waals surface area contributed by atoms with Crippen molar-refractivity contribution in [2.75, 3.05) is 6.54 Å². The highest BCUT2D eigenvalue weighted by Gasteiger charge is 2.25. The molecule has 0 bridgehead atoms. The van der Waals surface area contributed by atoms with Gasteiger partial charge in [0.25, 0.3) is 0 Å². The Morgan fingerprint density at radius 2 is 2.62 bits per heavy atom. The third-order valence-electron chi connectivity index (χ3n) is 3.08. The van der Waals surface area contributed by atoms with Gasteiger partial charge in [0.2, 0.25) is 0 Å². The highest BCUT2D eigenvalue weighted by atomic mass is 32.1. The van der Waals surface area contributed by atoms with Crippen LogP contribution in [0.2, 0.25) is 0 Å². The Balaban J connectivity index is 1.71. The summed E-state index contributed by atoms with van der Waals surface area (Å²) in [5.74, 6) is 0. The standard InChI is InChI=1S/C11H14FN3S/c12-9(10-2-1-3-13-10)6-8-7-15-4-5-16-11(15)14-8/h4-5,7,9-10,13H,1-3,6H2. The Morgan fingerprint density at radius 1 is 1.69 bits per heavy atom. The van der Waals surface area contributed by atoms with Crippen LogP contribution in [0.25, 0.3) is 4.96 Å². The molecule has 0 aromatic carbocycles. The first-order valence-electron chi connectivity index (χ1n) is 5.61. The molecule has 1 saturated heterocycles. The fourth-order valence-corrected chi connectivity index (χ4v) is 2.96. The topological polar surface area (TPSA) is 29.3 Å². The summed E-state index contributed by atoms with van der Waals surface area (Å²) in [5, 5.41) is 5.18. The molecule has 0 radical (unpaired) electrons.